The van der Waals surface area contributed by atoms with Crippen LogP contribution in [0.2, 0.25) is 0 Å². The van der Waals surface area contributed by atoms with Gasteiger partial charge in [-0.15, -0.1) is 11.3 Å². The van der Waals surface area contributed by atoms with Crippen LogP contribution >= 0.6 is 11.3 Å². The second-order valence-corrected chi connectivity index (χ2v) is 5.27. The second kappa shape index (κ2) is 4.53. The van der Waals surface area contributed by atoms with Crippen LogP contribution in [0.25, 0.3) is 10.1 Å². The Morgan fingerprint density at radius 2 is 2.06 bits per heavy atom. The van der Waals surface area contributed by atoms with Crippen LogP contribution in [-0.4, -0.2) is 31.1 Å². The fraction of sp³-hybridized carbons (Fsp3) is 0.385. The van der Waals surface area contributed by atoms with Crippen molar-refractivity contribution < 1.29 is 0 Å². The Labute approximate surface area is 99.9 Å². The lowest BCUT2D eigenvalue weighted by Crippen LogP contribution is -2.42. The molecule has 16 heavy (non-hydrogen) atoms. The van der Waals surface area contributed by atoms with Crippen molar-refractivity contribution in [3.8, 4) is 0 Å². The van der Waals surface area contributed by atoms with Gasteiger partial charge in [0, 0.05) is 37.4 Å². The van der Waals surface area contributed by atoms with Gasteiger partial charge in [-0.05, 0) is 28.5 Å². The first kappa shape index (κ1) is 10.3. The van der Waals surface area contributed by atoms with Crippen LogP contribution < -0.4 is 5.32 Å². The SMILES string of the molecule is c1cc2ccc(CN3CCNCC3)cc2s1. The molecule has 1 N–H and O–H groups in total. The van der Waals surface area contributed by atoms with Crippen molar-refractivity contribution in [1.29, 1.82) is 0 Å². The van der Waals surface area contributed by atoms with E-state index in [0.717, 1.165) is 19.6 Å². The molecule has 0 atom stereocenters. The van der Waals surface area contributed by atoms with E-state index in [4.69, 9.17) is 0 Å². The monoisotopic (exact) mass is 232 g/mol. The number of nitrogens with one attached hydrogen (secondary N) is 1. The smallest absolute Gasteiger partial charge is 0.0345 e. The molecule has 1 aliphatic heterocycles. The Balaban J connectivity index is 1.77. The maximum atomic E-state index is 3.39. The zero-order valence-corrected chi connectivity index (χ0v) is 10.1. The normalized spacial score (nSPS) is 18.0. The zero-order valence-electron chi connectivity index (χ0n) is 9.28. The molecule has 2 heterocycles. The Kier molecular flexibility index (Phi) is 2.91. The Bertz CT molecular complexity index is 471. The van der Waals surface area contributed by atoms with Crippen molar-refractivity contribution in [2.75, 3.05) is 26.2 Å². The molecule has 1 fully saturated rings. The average Bonchev–Trinajstić information content (AvgIpc) is 2.77. The highest BCUT2D eigenvalue weighted by atomic mass is 32.1. The molecule has 1 saturated heterocycles. The minimum atomic E-state index is 1.09. The molecule has 0 radical (unpaired) electrons. The zero-order chi connectivity index (χ0) is 10.8. The molecule has 84 valence electrons. The van der Waals surface area contributed by atoms with Gasteiger partial charge in [0.25, 0.3) is 0 Å². The summed E-state index contributed by atoms with van der Waals surface area (Å²) in [5.41, 5.74) is 1.44. The molecular formula is C13H16N2S. The highest BCUT2D eigenvalue weighted by Crippen LogP contribution is 2.22. The van der Waals surface area contributed by atoms with E-state index in [1.165, 1.54) is 28.7 Å². The van der Waals surface area contributed by atoms with E-state index in [0.29, 0.717) is 0 Å². The van der Waals surface area contributed by atoms with E-state index >= 15 is 0 Å². The summed E-state index contributed by atoms with van der Waals surface area (Å²) in [5, 5.41) is 6.92. The van der Waals surface area contributed by atoms with Gasteiger partial charge in [0.15, 0.2) is 0 Å². The summed E-state index contributed by atoms with van der Waals surface area (Å²) < 4.78 is 1.41. The van der Waals surface area contributed by atoms with Crippen molar-refractivity contribution in [2.24, 2.45) is 0 Å². The molecule has 1 aromatic carbocycles. The van der Waals surface area contributed by atoms with E-state index < -0.39 is 0 Å². The van der Waals surface area contributed by atoms with E-state index in [1.54, 1.807) is 0 Å². The third-order valence-corrected chi connectivity index (χ3v) is 4.02. The van der Waals surface area contributed by atoms with E-state index in [1.807, 2.05) is 11.3 Å². The highest BCUT2D eigenvalue weighted by Gasteiger charge is 2.09. The number of rotatable bonds is 2. The van der Waals surface area contributed by atoms with Gasteiger partial charge in [0.05, 0.1) is 0 Å². The van der Waals surface area contributed by atoms with E-state index in [-0.39, 0.29) is 0 Å². The lowest BCUT2D eigenvalue weighted by molar-refractivity contribution is 0.233. The van der Waals surface area contributed by atoms with Crippen LogP contribution in [0, 0.1) is 0 Å². The fourth-order valence-corrected chi connectivity index (χ4v) is 3.08. The maximum absolute atomic E-state index is 3.39. The summed E-state index contributed by atoms with van der Waals surface area (Å²) in [7, 11) is 0. The second-order valence-electron chi connectivity index (χ2n) is 4.32. The van der Waals surface area contributed by atoms with E-state index in [2.05, 4.69) is 39.9 Å². The van der Waals surface area contributed by atoms with Gasteiger partial charge in [-0.1, -0.05) is 12.1 Å². The maximum Gasteiger partial charge on any atom is 0.0345 e. The molecule has 0 amide bonds. The van der Waals surface area contributed by atoms with Crippen molar-refractivity contribution in [3.05, 3.63) is 35.2 Å². The summed E-state index contributed by atoms with van der Waals surface area (Å²) in [6.07, 6.45) is 0. The minimum absolute atomic E-state index is 1.09. The van der Waals surface area contributed by atoms with Crippen LogP contribution in [0.5, 0.6) is 0 Å². The predicted octanol–water partition coefficient (Wildman–Crippen LogP) is 2.31. The van der Waals surface area contributed by atoms with Crippen LogP contribution in [0.4, 0.5) is 0 Å². The van der Waals surface area contributed by atoms with Crippen molar-refractivity contribution in [1.82, 2.24) is 10.2 Å². The minimum Gasteiger partial charge on any atom is -0.314 e. The molecule has 3 heteroatoms. The third kappa shape index (κ3) is 2.12. The van der Waals surface area contributed by atoms with Gasteiger partial charge in [-0.3, -0.25) is 4.90 Å². The number of fused-ring (bicyclic) bond motifs is 1. The first-order valence-electron chi connectivity index (χ1n) is 5.81. The standard InChI is InChI=1S/C13H16N2S/c1-2-12-3-8-16-13(12)9-11(1)10-15-6-4-14-5-7-15/h1-3,8-9,14H,4-7,10H2. The molecule has 0 bridgehead atoms. The van der Waals surface area contributed by atoms with Gasteiger partial charge in [0.1, 0.15) is 0 Å². The summed E-state index contributed by atoms with van der Waals surface area (Å²) in [6.45, 7) is 5.68. The number of nitrogens with zero attached hydrogens (tertiary/aromatic N) is 1. The summed E-state index contributed by atoms with van der Waals surface area (Å²) in [5.74, 6) is 0. The first-order valence-corrected chi connectivity index (χ1v) is 6.69. The number of thiophene rings is 1. The molecule has 2 aromatic rings. The summed E-state index contributed by atoms with van der Waals surface area (Å²) in [4.78, 5) is 2.52. The first-order chi connectivity index (χ1) is 7.92. The van der Waals surface area contributed by atoms with Crippen LogP contribution in [0.3, 0.4) is 0 Å². The van der Waals surface area contributed by atoms with Crippen molar-refractivity contribution in [3.63, 3.8) is 0 Å². The van der Waals surface area contributed by atoms with E-state index in [9.17, 15) is 0 Å². The largest absolute Gasteiger partial charge is 0.314 e. The summed E-state index contributed by atoms with van der Waals surface area (Å²) in [6, 6.07) is 9.02. The lowest BCUT2D eigenvalue weighted by atomic mass is 10.1. The highest BCUT2D eigenvalue weighted by molar-refractivity contribution is 7.17. The molecule has 0 spiro atoms. The summed E-state index contributed by atoms with van der Waals surface area (Å²) >= 11 is 1.83. The molecule has 0 unspecified atom stereocenters. The molecular weight excluding hydrogens is 216 g/mol. The quantitative estimate of drug-likeness (QED) is 0.855. The Morgan fingerprint density at radius 3 is 2.94 bits per heavy atom. The lowest BCUT2D eigenvalue weighted by Gasteiger charge is -2.27. The Morgan fingerprint density at radius 1 is 1.19 bits per heavy atom. The number of hydrogen-bond acceptors (Lipinski definition) is 3. The molecule has 0 aliphatic carbocycles. The van der Waals surface area contributed by atoms with Gasteiger partial charge < -0.3 is 5.32 Å². The molecule has 1 aromatic heterocycles. The van der Waals surface area contributed by atoms with Gasteiger partial charge in [-0.2, -0.15) is 0 Å². The topological polar surface area (TPSA) is 15.3 Å². The predicted molar refractivity (Wildman–Crippen MR) is 70.0 cm³/mol. The molecule has 2 nitrogen and oxygen atoms in total. The van der Waals surface area contributed by atoms with Gasteiger partial charge >= 0.3 is 0 Å². The third-order valence-electron chi connectivity index (χ3n) is 3.14. The fourth-order valence-electron chi connectivity index (χ4n) is 2.22. The average molecular weight is 232 g/mol. The number of piperazine rings is 1. The van der Waals surface area contributed by atoms with Crippen LogP contribution in [-0.2, 0) is 6.54 Å². The van der Waals surface area contributed by atoms with Crippen LogP contribution in [0.15, 0.2) is 29.6 Å². The molecule has 0 saturated carbocycles. The van der Waals surface area contributed by atoms with Crippen molar-refractivity contribution >= 4 is 21.4 Å². The number of hydrogen-bond donors (Lipinski definition) is 1. The molecule has 3 rings (SSSR count). The van der Waals surface area contributed by atoms with Gasteiger partial charge in [0.2, 0.25) is 0 Å². The molecule has 1 aliphatic rings. The van der Waals surface area contributed by atoms with Crippen LogP contribution in [0.1, 0.15) is 5.56 Å². The van der Waals surface area contributed by atoms with Gasteiger partial charge in [-0.25, -0.2) is 0 Å². The number of benzene rings is 1. The Hall–Kier alpha value is -0.900. The van der Waals surface area contributed by atoms with Crippen molar-refractivity contribution in [2.45, 2.75) is 6.54 Å².